The van der Waals surface area contributed by atoms with Crippen LogP contribution in [0.4, 0.5) is 0 Å². The molecule has 2 heterocycles. The van der Waals surface area contributed by atoms with E-state index < -0.39 is 0 Å². The molecule has 0 radical (unpaired) electrons. The van der Waals surface area contributed by atoms with Crippen molar-refractivity contribution in [3.63, 3.8) is 0 Å². The van der Waals surface area contributed by atoms with E-state index in [0.717, 1.165) is 30.1 Å². The Hall–Kier alpha value is -2.11. The van der Waals surface area contributed by atoms with Crippen LogP contribution in [0.15, 0.2) is 47.4 Å². The first-order valence-electron chi connectivity index (χ1n) is 7.41. The van der Waals surface area contributed by atoms with Gasteiger partial charge in [-0.1, -0.05) is 18.2 Å². The van der Waals surface area contributed by atoms with Crippen molar-refractivity contribution in [1.82, 2.24) is 15.2 Å². The molecule has 22 heavy (non-hydrogen) atoms. The van der Waals surface area contributed by atoms with Crippen molar-refractivity contribution in [3.8, 4) is 5.75 Å². The summed E-state index contributed by atoms with van der Waals surface area (Å²) in [5, 5.41) is 6.84. The second-order valence-corrected chi connectivity index (χ2v) is 5.72. The van der Waals surface area contributed by atoms with Crippen molar-refractivity contribution in [2.45, 2.75) is 19.0 Å². The zero-order chi connectivity index (χ0) is 15.6. The molecule has 5 nitrogen and oxygen atoms in total. The average molecular weight is 299 g/mol. The second kappa shape index (κ2) is 5.94. The summed E-state index contributed by atoms with van der Waals surface area (Å²) in [5.41, 5.74) is 1.62. The van der Waals surface area contributed by atoms with E-state index in [4.69, 9.17) is 4.74 Å². The quantitative estimate of drug-likeness (QED) is 0.891. The van der Waals surface area contributed by atoms with Crippen molar-refractivity contribution in [2.24, 2.45) is 0 Å². The number of pyridine rings is 1. The van der Waals surface area contributed by atoms with E-state index in [1.165, 1.54) is 0 Å². The van der Waals surface area contributed by atoms with Gasteiger partial charge in [-0.3, -0.25) is 10.1 Å². The molecule has 5 heteroatoms. The summed E-state index contributed by atoms with van der Waals surface area (Å²) in [7, 11) is 1.66. The minimum atomic E-state index is -0.313. The normalized spacial score (nSPS) is 21.0. The monoisotopic (exact) mass is 299 g/mol. The van der Waals surface area contributed by atoms with Gasteiger partial charge in [0.1, 0.15) is 5.75 Å². The summed E-state index contributed by atoms with van der Waals surface area (Å²) in [6, 6.07) is 11.8. The summed E-state index contributed by atoms with van der Waals surface area (Å²) in [4.78, 5) is 12.3. The Kier molecular flexibility index (Phi) is 4.00. The lowest BCUT2D eigenvalue weighted by molar-refractivity contribution is 0.342. The van der Waals surface area contributed by atoms with Crippen LogP contribution in [0.25, 0.3) is 0 Å². The molecular formula is C17H21N3O2. The maximum absolute atomic E-state index is 12.3. The van der Waals surface area contributed by atoms with Crippen LogP contribution in [0.2, 0.25) is 0 Å². The van der Waals surface area contributed by atoms with Gasteiger partial charge >= 0.3 is 0 Å². The third-order valence-electron chi connectivity index (χ3n) is 4.25. The molecule has 2 N–H and O–H groups in total. The van der Waals surface area contributed by atoms with Crippen LogP contribution >= 0.6 is 0 Å². The fourth-order valence-corrected chi connectivity index (χ4v) is 2.97. The summed E-state index contributed by atoms with van der Waals surface area (Å²) >= 11 is 0. The topological polar surface area (TPSA) is 55.3 Å². The molecular weight excluding hydrogens is 278 g/mol. The highest BCUT2D eigenvalue weighted by Crippen LogP contribution is 2.27. The lowest BCUT2D eigenvalue weighted by Crippen LogP contribution is -2.45. The number of aryl methyl sites for hydroxylation is 1. The Labute approximate surface area is 129 Å². The number of hydrogen-bond acceptors (Lipinski definition) is 4. The van der Waals surface area contributed by atoms with Gasteiger partial charge in [-0.05, 0) is 30.7 Å². The Morgan fingerprint density at radius 1 is 1.32 bits per heavy atom. The number of ether oxygens (including phenoxy) is 1. The van der Waals surface area contributed by atoms with Gasteiger partial charge < -0.3 is 14.6 Å². The zero-order valence-electron chi connectivity index (χ0n) is 12.9. The van der Waals surface area contributed by atoms with Gasteiger partial charge in [0.15, 0.2) is 0 Å². The molecule has 3 rings (SSSR count). The minimum Gasteiger partial charge on any atom is -0.497 e. The highest BCUT2D eigenvalue weighted by Gasteiger charge is 2.36. The largest absolute Gasteiger partial charge is 0.497 e. The first-order valence-corrected chi connectivity index (χ1v) is 7.41. The average Bonchev–Trinajstić information content (AvgIpc) is 3.02. The minimum absolute atomic E-state index is 0.0541. The number of nitrogens with zero attached hydrogens (tertiary/aromatic N) is 1. The molecule has 1 fully saturated rings. The van der Waals surface area contributed by atoms with E-state index in [1.54, 1.807) is 11.7 Å². The van der Waals surface area contributed by atoms with Gasteiger partial charge in [0.05, 0.1) is 12.6 Å². The van der Waals surface area contributed by atoms with Crippen molar-refractivity contribution in [2.75, 3.05) is 20.3 Å². The van der Waals surface area contributed by atoms with Crippen LogP contribution in [0.1, 0.15) is 11.1 Å². The standard InChI is InChI=1S/C17H21N3O2/c1-13-5-4-8-20(16(13)21)11-17(10-18-12-19-17)14-6-3-7-15(9-14)22-2/h3-9,18-19H,10-12H2,1-2H3. The lowest BCUT2D eigenvalue weighted by atomic mass is 9.90. The lowest BCUT2D eigenvalue weighted by Gasteiger charge is -2.30. The Balaban J connectivity index is 2.01. The van der Waals surface area contributed by atoms with Gasteiger partial charge in [0.25, 0.3) is 5.56 Å². The second-order valence-electron chi connectivity index (χ2n) is 5.72. The van der Waals surface area contributed by atoms with E-state index in [2.05, 4.69) is 16.7 Å². The van der Waals surface area contributed by atoms with Crippen LogP contribution in [0, 0.1) is 6.92 Å². The third kappa shape index (κ3) is 2.65. The molecule has 1 aliphatic heterocycles. The maximum Gasteiger partial charge on any atom is 0.253 e. The number of hydrogen-bond donors (Lipinski definition) is 2. The number of methoxy groups -OCH3 is 1. The van der Waals surface area contributed by atoms with Crippen molar-refractivity contribution >= 4 is 0 Å². The predicted octanol–water partition coefficient (Wildman–Crippen LogP) is 1.21. The molecule has 2 aromatic rings. The Morgan fingerprint density at radius 3 is 2.91 bits per heavy atom. The van der Waals surface area contributed by atoms with Gasteiger partial charge in [-0.25, -0.2) is 0 Å². The molecule has 1 aliphatic rings. The molecule has 0 aliphatic carbocycles. The Bertz CT molecular complexity index is 718. The maximum atomic E-state index is 12.3. The van der Waals surface area contributed by atoms with Gasteiger partial charge in [-0.15, -0.1) is 0 Å². The van der Waals surface area contributed by atoms with E-state index in [9.17, 15) is 4.79 Å². The zero-order valence-corrected chi connectivity index (χ0v) is 12.9. The molecule has 1 aromatic heterocycles. The van der Waals surface area contributed by atoms with Crippen LogP contribution in [-0.4, -0.2) is 24.9 Å². The van der Waals surface area contributed by atoms with Crippen molar-refractivity contribution in [1.29, 1.82) is 0 Å². The summed E-state index contributed by atoms with van der Waals surface area (Å²) in [6.07, 6.45) is 1.84. The van der Waals surface area contributed by atoms with Crippen LogP contribution in [-0.2, 0) is 12.1 Å². The first-order chi connectivity index (χ1) is 10.6. The molecule has 0 spiro atoms. The number of aromatic nitrogens is 1. The fraction of sp³-hybridized carbons (Fsp3) is 0.353. The van der Waals surface area contributed by atoms with Crippen LogP contribution in [0.5, 0.6) is 5.75 Å². The highest BCUT2D eigenvalue weighted by molar-refractivity contribution is 5.34. The van der Waals surface area contributed by atoms with Crippen LogP contribution < -0.4 is 20.9 Å². The van der Waals surface area contributed by atoms with Crippen LogP contribution in [0.3, 0.4) is 0 Å². The molecule has 0 bridgehead atoms. The Morgan fingerprint density at radius 2 is 2.18 bits per heavy atom. The van der Waals surface area contributed by atoms with Gasteiger partial charge in [-0.2, -0.15) is 0 Å². The predicted molar refractivity (Wildman–Crippen MR) is 86.1 cm³/mol. The summed E-state index contributed by atoms with van der Waals surface area (Å²) < 4.78 is 7.11. The van der Waals surface area contributed by atoms with Crippen molar-refractivity contribution in [3.05, 3.63) is 64.1 Å². The molecule has 1 unspecified atom stereocenters. The SMILES string of the molecule is COc1cccc(C2(Cn3cccc(C)c3=O)CNCN2)c1. The van der Waals surface area contributed by atoms with Crippen molar-refractivity contribution < 1.29 is 4.74 Å². The van der Waals surface area contributed by atoms with E-state index in [0.29, 0.717) is 6.54 Å². The van der Waals surface area contributed by atoms with E-state index >= 15 is 0 Å². The smallest absolute Gasteiger partial charge is 0.253 e. The molecule has 1 atom stereocenters. The number of nitrogens with one attached hydrogen (secondary N) is 2. The molecule has 0 saturated carbocycles. The third-order valence-corrected chi connectivity index (χ3v) is 4.25. The van der Waals surface area contributed by atoms with Gasteiger partial charge in [0.2, 0.25) is 0 Å². The number of rotatable bonds is 4. The van der Waals surface area contributed by atoms with E-state index in [-0.39, 0.29) is 11.1 Å². The summed E-state index contributed by atoms with van der Waals surface area (Å²) in [6.45, 7) is 3.91. The molecule has 1 saturated heterocycles. The van der Waals surface area contributed by atoms with E-state index in [1.807, 2.05) is 43.5 Å². The highest BCUT2D eigenvalue weighted by atomic mass is 16.5. The molecule has 1 aromatic carbocycles. The number of benzene rings is 1. The molecule has 0 amide bonds. The molecule has 116 valence electrons. The fourth-order valence-electron chi connectivity index (χ4n) is 2.97. The van der Waals surface area contributed by atoms with Gasteiger partial charge in [0, 0.05) is 31.5 Å². The first kappa shape index (κ1) is 14.8. The summed E-state index contributed by atoms with van der Waals surface area (Å²) in [5.74, 6) is 0.821.